The smallest absolute Gasteiger partial charge is 0.245 e. The van der Waals surface area contributed by atoms with Gasteiger partial charge in [0.1, 0.15) is 6.04 Å². The van der Waals surface area contributed by atoms with E-state index in [9.17, 15) is 18.0 Å². The fourth-order valence-electron chi connectivity index (χ4n) is 2.51. The maximum atomic E-state index is 12.5. The number of carbonyl (C=O) groups excluding carboxylic acids is 2. The fraction of sp³-hybridized carbons (Fsp3) is 0.846. The number of piperidine rings is 1. The molecule has 1 rings (SSSR count). The van der Waals surface area contributed by atoms with Crippen molar-refractivity contribution in [2.75, 3.05) is 19.3 Å². The molecule has 0 spiro atoms. The Labute approximate surface area is 126 Å². The van der Waals surface area contributed by atoms with Gasteiger partial charge in [-0.05, 0) is 18.8 Å². The Balaban J connectivity index is 2.73. The highest BCUT2D eigenvalue weighted by Gasteiger charge is 2.31. The van der Waals surface area contributed by atoms with Gasteiger partial charge in [0.25, 0.3) is 0 Å². The zero-order valence-electron chi connectivity index (χ0n) is 13.0. The first kappa shape index (κ1) is 17.9. The van der Waals surface area contributed by atoms with Crippen LogP contribution in [-0.4, -0.2) is 56.6 Å². The summed E-state index contributed by atoms with van der Waals surface area (Å²) in [6.45, 7) is 6.05. The number of hydrogen-bond donors (Lipinski definition) is 2. The lowest BCUT2D eigenvalue weighted by molar-refractivity contribution is -0.138. The highest BCUT2D eigenvalue weighted by atomic mass is 32.2. The third kappa shape index (κ3) is 6.01. The van der Waals surface area contributed by atoms with Gasteiger partial charge in [0.15, 0.2) is 0 Å². The maximum absolute atomic E-state index is 12.5. The topological polar surface area (TPSA) is 95.6 Å². The molecule has 0 unspecified atom stereocenters. The SMILES string of the molecule is CC(=O)N[C@H](C(=O)N1CCC[C@H](NS(C)(=O)=O)C1)C(C)C. The van der Waals surface area contributed by atoms with Crippen LogP contribution in [0.2, 0.25) is 0 Å². The van der Waals surface area contributed by atoms with Gasteiger partial charge in [-0.25, -0.2) is 13.1 Å². The van der Waals surface area contributed by atoms with Crippen LogP contribution in [0.1, 0.15) is 33.6 Å². The lowest BCUT2D eigenvalue weighted by Crippen LogP contribution is -2.56. The Morgan fingerprint density at radius 1 is 1.29 bits per heavy atom. The van der Waals surface area contributed by atoms with E-state index in [0.717, 1.165) is 12.7 Å². The molecule has 2 amide bonds. The second-order valence-corrected chi connectivity index (χ2v) is 7.72. The van der Waals surface area contributed by atoms with Gasteiger partial charge in [-0.2, -0.15) is 0 Å². The minimum Gasteiger partial charge on any atom is -0.344 e. The van der Waals surface area contributed by atoms with E-state index >= 15 is 0 Å². The molecule has 1 heterocycles. The van der Waals surface area contributed by atoms with Crippen molar-refractivity contribution in [1.29, 1.82) is 0 Å². The van der Waals surface area contributed by atoms with Gasteiger partial charge in [0.05, 0.1) is 6.26 Å². The van der Waals surface area contributed by atoms with Gasteiger partial charge < -0.3 is 10.2 Å². The Morgan fingerprint density at radius 2 is 1.90 bits per heavy atom. The van der Waals surface area contributed by atoms with E-state index < -0.39 is 16.1 Å². The first-order valence-electron chi connectivity index (χ1n) is 7.13. The number of nitrogens with zero attached hydrogens (tertiary/aromatic N) is 1. The highest BCUT2D eigenvalue weighted by Crippen LogP contribution is 2.14. The van der Waals surface area contributed by atoms with Crippen LogP contribution in [0.25, 0.3) is 0 Å². The summed E-state index contributed by atoms with van der Waals surface area (Å²) in [4.78, 5) is 25.4. The molecule has 8 heteroatoms. The first-order chi connectivity index (χ1) is 9.60. The van der Waals surface area contributed by atoms with Gasteiger partial charge >= 0.3 is 0 Å². The number of hydrogen-bond acceptors (Lipinski definition) is 4. The average Bonchev–Trinajstić information content (AvgIpc) is 2.33. The molecule has 2 atom stereocenters. The summed E-state index contributed by atoms with van der Waals surface area (Å²) in [5, 5.41) is 2.67. The summed E-state index contributed by atoms with van der Waals surface area (Å²) in [5.74, 6) is -0.422. The number of rotatable bonds is 5. The second kappa shape index (κ2) is 7.22. The number of carbonyl (C=O) groups is 2. The predicted octanol–water partition coefficient (Wildman–Crippen LogP) is -0.313. The molecule has 0 bridgehead atoms. The van der Waals surface area contributed by atoms with Crippen LogP contribution in [0, 0.1) is 5.92 Å². The standard InChI is InChI=1S/C13H25N3O4S/c1-9(2)12(14-10(3)17)13(18)16-7-5-6-11(8-16)15-21(4,19)20/h9,11-12,15H,5-8H2,1-4H3,(H,14,17)/t11-,12-/m0/s1. The van der Waals surface area contributed by atoms with Crippen molar-refractivity contribution in [3.8, 4) is 0 Å². The molecule has 1 aliphatic rings. The van der Waals surface area contributed by atoms with E-state index in [1.54, 1.807) is 4.90 Å². The molecule has 0 aromatic heterocycles. The summed E-state index contributed by atoms with van der Waals surface area (Å²) in [6, 6.07) is -0.831. The van der Waals surface area contributed by atoms with Crippen LogP contribution in [0.5, 0.6) is 0 Å². The maximum Gasteiger partial charge on any atom is 0.245 e. The van der Waals surface area contributed by atoms with Crippen molar-refractivity contribution in [2.24, 2.45) is 5.92 Å². The monoisotopic (exact) mass is 319 g/mol. The molecule has 2 N–H and O–H groups in total. The van der Waals surface area contributed by atoms with Gasteiger partial charge in [-0.15, -0.1) is 0 Å². The minimum atomic E-state index is -3.29. The van der Waals surface area contributed by atoms with Crippen molar-refractivity contribution in [3.63, 3.8) is 0 Å². The van der Waals surface area contributed by atoms with Crippen molar-refractivity contribution in [3.05, 3.63) is 0 Å². The Hall–Kier alpha value is -1.15. The van der Waals surface area contributed by atoms with E-state index in [1.165, 1.54) is 6.92 Å². The van der Waals surface area contributed by atoms with Crippen molar-refractivity contribution < 1.29 is 18.0 Å². The molecule has 0 aromatic rings. The summed E-state index contributed by atoms with van der Waals surface area (Å²) >= 11 is 0. The second-order valence-electron chi connectivity index (χ2n) is 5.94. The van der Waals surface area contributed by atoms with Gasteiger partial charge in [0, 0.05) is 26.1 Å². The number of nitrogens with one attached hydrogen (secondary N) is 2. The van der Waals surface area contributed by atoms with Crippen LogP contribution in [0.4, 0.5) is 0 Å². The third-order valence-electron chi connectivity index (χ3n) is 3.41. The van der Waals surface area contributed by atoms with Crippen molar-refractivity contribution in [1.82, 2.24) is 14.9 Å². The van der Waals surface area contributed by atoms with E-state index in [-0.39, 0.29) is 23.8 Å². The summed E-state index contributed by atoms with van der Waals surface area (Å²) in [5.41, 5.74) is 0. The number of sulfonamides is 1. The molecule has 0 aliphatic carbocycles. The Morgan fingerprint density at radius 3 is 2.38 bits per heavy atom. The van der Waals surface area contributed by atoms with Crippen LogP contribution < -0.4 is 10.0 Å². The normalized spacial score (nSPS) is 21.2. The van der Waals surface area contributed by atoms with E-state index in [0.29, 0.717) is 19.5 Å². The van der Waals surface area contributed by atoms with Crippen LogP contribution in [-0.2, 0) is 19.6 Å². The Kier molecular flexibility index (Phi) is 6.15. The van der Waals surface area contributed by atoms with Gasteiger partial charge in [-0.3, -0.25) is 9.59 Å². The van der Waals surface area contributed by atoms with Crippen LogP contribution in [0.3, 0.4) is 0 Å². The molecular weight excluding hydrogens is 294 g/mol. The quantitative estimate of drug-likeness (QED) is 0.726. The molecule has 1 fully saturated rings. The predicted molar refractivity (Wildman–Crippen MR) is 80.0 cm³/mol. The summed E-state index contributed by atoms with van der Waals surface area (Å²) in [6.07, 6.45) is 2.56. The van der Waals surface area contributed by atoms with Crippen LogP contribution in [0.15, 0.2) is 0 Å². The van der Waals surface area contributed by atoms with Crippen molar-refractivity contribution >= 4 is 21.8 Å². The van der Waals surface area contributed by atoms with E-state index in [2.05, 4.69) is 10.0 Å². The first-order valence-corrected chi connectivity index (χ1v) is 9.02. The molecule has 7 nitrogen and oxygen atoms in total. The van der Waals surface area contributed by atoms with E-state index in [4.69, 9.17) is 0 Å². The average molecular weight is 319 g/mol. The summed E-state index contributed by atoms with van der Waals surface area (Å²) < 4.78 is 25.1. The van der Waals surface area contributed by atoms with Gasteiger partial charge in [0.2, 0.25) is 21.8 Å². The zero-order chi connectivity index (χ0) is 16.2. The van der Waals surface area contributed by atoms with E-state index in [1.807, 2.05) is 13.8 Å². The largest absolute Gasteiger partial charge is 0.344 e. The Bertz CT molecular complexity index is 490. The lowest BCUT2D eigenvalue weighted by atomic mass is 10.00. The molecular formula is C13H25N3O4S. The molecule has 1 saturated heterocycles. The molecule has 0 saturated carbocycles. The van der Waals surface area contributed by atoms with Crippen molar-refractivity contribution in [2.45, 2.75) is 45.7 Å². The molecule has 21 heavy (non-hydrogen) atoms. The van der Waals surface area contributed by atoms with Crippen LogP contribution >= 0.6 is 0 Å². The fourth-order valence-corrected chi connectivity index (χ4v) is 3.30. The molecule has 1 aliphatic heterocycles. The third-order valence-corrected chi connectivity index (χ3v) is 4.17. The highest BCUT2D eigenvalue weighted by molar-refractivity contribution is 7.88. The number of amides is 2. The summed E-state index contributed by atoms with van der Waals surface area (Å²) in [7, 11) is -3.29. The zero-order valence-corrected chi connectivity index (χ0v) is 13.9. The number of likely N-dealkylation sites (tertiary alicyclic amines) is 1. The van der Waals surface area contributed by atoms with Gasteiger partial charge in [-0.1, -0.05) is 13.8 Å². The molecule has 0 radical (unpaired) electrons. The molecule has 0 aromatic carbocycles. The minimum absolute atomic E-state index is 0.0235. The molecule has 122 valence electrons. The lowest BCUT2D eigenvalue weighted by Gasteiger charge is -2.36.